The lowest BCUT2D eigenvalue weighted by Crippen LogP contribution is -2.44. The molecule has 31 heavy (non-hydrogen) atoms. The smallest absolute Gasteiger partial charge is 0.193 e. The van der Waals surface area contributed by atoms with Crippen LogP contribution in [0.5, 0.6) is 17.2 Å². The van der Waals surface area contributed by atoms with Crippen molar-refractivity contribution in [2.75, 3.05) is 62.1 Å². The van der Waals surface area contributed by atoms with Crippen molar-refractivity contribution >= 4 is 29.9 Å². The fourth-order valence-corrected chi connectivity index (χ4v) is 3.15. The standard InChI is InChI=1S/C23H34N4O3.HI/c1-24-23(27(4)14-15-30-19-10-8-7-9-11-19)25-17-20(26(2)3)18-12-13-21(28-5)22(16-18)29-6;/h7-13,16,20H,14-15,17H2,1-6H3,(H,24,25);1H. The summed E-state index contributed by atoms with van der Waals surface area (Å²) in [5.41, 5.74) is 1.13. The number of rotatable bonds is 10. The second-order valence-electron chi connectivity index (χ2n) is 7.11. The molecule has 0 spiro atoms. The van der Waals surface area contributed by atoms with Crippen LogP contribution in [0.15, 0.2) is 53.5 Å². The summed E-state index contributed by atoms with van der Waals surface area (Å²) in [6.07, 6.45) is 0. The van der Waals surface area contributed by atoms with Crippen LogP contribution < -0.4 is 19.5 Å². The van der Waals surface area contributed by atoms with Crippen LogP contribution in [0.4, 0.5) is 0 Å². The second kappa shape index (κ2) is 14.0. The normalized spacial score (nSPS) is 12.0. The van der Waals surface area contributed by atoms with E-state index in [1.54, 1.807) is 21.3 Å². The number of likely N-dealkylation sites (N-methyl/N-ethyl adjacent to an activating group) is 2. The first kappa shape index (κ1) is 26.8. The molecule has 7 nitrogen and oxygen atoms in total. The highest BCUT2D eigenvalue weighted by molar-refractivity contribution is 14.0. The van der Waals surface area contributed by atoms with Gasteiger partial charge in [-0.3, -0.25) is 4.99 Å². The Morgan fingerprint density at radius 2 is 1.68 bits per heavy atom. The molecule has 172 valence electrons. The van der Waals surface area contributed by atoms with E-state index < -0.39 is 0 Å². The van der Waals surface area contributed by atoms with Crippen LogP contribution in [0, 0.1) is 0 Å². The third-order valence-electron chi connectivity index (χ3n) is 4.88. The van der Waals surface area contributed by atoms with Gasteiger partial charge in [0.05, 0.1) is 26.8 Å². The molecule has 0 heterocycles. The van der Waals surface area contributed by atoms with E-state index in [0.29, 0.717) is 13.2 Å². The minimum absolute atomic E-state index is 0. The van der Waals surface area contributed by atoms with E-state index in [1.165, 1.54) is 0 Å². The zero-order valence-electron chi connectivity index (χ0n) is 19.3. The van der Waals surface area contributed by atoms with Gasteiger partial charge < -0.3 is 29.3 Å². The van der Waals surface area contributed by atoms with Gasteiger partial charge in [-0.2, -0.15) is 0 Å². The van der Waals surface area contributed by atoms with E-state index in [-0.39, 0.29) is 30.0 Å². The molecule has 0 aliphatic heterocycles. The number of halogens is 1. The maximum absolute atomic E-state index is 5.79. The fourth-order valence-electron chi connectivity index (χ4n) is 3.15. The van der Waals surface area contributed by atoms with E-state index in [1.807, 2.05) is 49.5 Å². The molecule has 0 fully saturated rings. The molecule has 8 heteroatoms. The number of ether oxygens (including phenoxy) is 3. The van der Waals surface area contributed by atoms with Gasteiger partial charge in [0.1, 0.15) is 12.4 Å². The van der Waals surface area contributed by atoms with Gasteiger partial charge in [0.15, 0.2) is 17.5 Å². The van der Waals surface area contributed by atoms with E-state index >= 15 is 0 Å². The Labute approximate surface area is 203 Å². The van der Waals surface area contributed by atoms with Crippen molar-refractivity contribution in [3.8, 4) is 17.2 Å². The van der Waals surface area contributed by atoms with Crippen LogP contribution >= 0.6 is 24.0 Å². The highest BCUT2D eigenvalue weighted by Gasteiger charge is 2.18. The Kier molecular flexibility index (Phi) is 12.1. The molecule has 0 saturated carbocycles. The monoisotopic (exact) mass is 542 g/mol. The number of hydrogen-bond acceptors (Lipinski definition) is 5. The van der Waals surface area contributed by atoms with Gasteiger partial charge in [-0.25, -0.2) is 0 Å². The first-order valence-electron chi connectivity index (χ1n) is 9.98. The van der Waals surface area contributed by atoms with Gasteiger partial charge in [-0.1, -0.05) is 24.3 Å². The topological polar surface area (TPSA) is 58.6 Å². The van der Waals surface area contributed by atoms with Crippen LogP contribution in [-0.4, -0.2) is 77.9 Å². The first-order chi connectivity index (χ1) is 14.5. The predicted octanol–water partition coefficient (Wildman–Crippen LogP) is 3.51. The number of nitrogens with one attached hydrogen (secondary N) is 1. The van der Waals surface area contributed by atoms with E-state index in [0.717, 1.165) is 35.3 Å². The minimum Gasteiger partial charge on any atom is -0.493 e. The molecule has 0 saturated heterocycles. The lowest BCUT2D eigenvalue weighted by atomic mass is 10.1. The molecule has 1 atom stereocenters. The van der Waals surface area contributed by atoms with Gasteiger partial charge >= 0.3 is 0 Å². The summed E-state index contributed by atoms with van der Waals surface area (Å²) >= 11 is 0. The zero-order valence-corrected chi connectivity index (χ0v) is 21.6. The minimum atomic E-state index is 0. The van der Waals surface area contributed by atoms with Crippen LogP contribution in [0.3, 0.4) is 0 Å². The molecule has 1 unspecified atom stereocenters. The molecular formula is C23H35IN4O3. The Balaban J connectivity index is 0.00000480. The Morgan fingerprint density at radius 1 is 1.00 bits per heavy atom. The molecule has 0 aliphatic carbocycles. The summed E-state index contributed by atoms with van der Waals surface area (Å²) in [7, 11) is 11.2. The molecule has 2 aromatic carbocycles. The van der Waals surface area contributed by atoms with Crippen LogP contribution in [0.1, 0.15) is 11.6 Å². The summed E-state index contributed by atoms with van der Waals surface area (Å²) in [5, 5.41) is 3.47. The van der Waals surface area contributed by atoms with Gasteiger partial charge in [-0.05, 0) is 43.9 Å². The SMILES string of the molecule is CN=C(NCC(c1ccc(OC)c(OC)c1)N(C)C)N(C)CCOc1ccccc1.I. The molecule has 0 aliphatic rings. The van der Waals surface area contributed by atoms with E-state index in [9.17, 15) is 0 Å². The summed E-state index contributed by atoms with van der Waals surface area (Å²) < 4.78 is 16.6. The van der Waals surface area contributed by atoms with Crippen molar-refractivity contribution < 1.29 is 14.2 Å². The van der Waals surface area contributed by atoms with E-state index in [4.69, 9.17) is 14.2 Å². The van der Waals surface area contributed by atoms with Crippen LogP contribution in [-0.2, 0) is 0 Å². The number of hydrogen-bond donors (Lipinski definition) is 1. The second-order valence-corrected chi connectivity index (χ2v) is 7.11. The summed E-state index contributed by atoms with van der Waals surface area (Å²) in [4.78, 5) is 8.64. The summed E-state index contributed by atoms with van der Waals surface area (Å²) in [5.74, 6) is 3.14. The Hall–Kier alpha value is -2.20. The van der Waals surface area contributed by atoms with Crippen molar-refractivity contribution in [1.82, 2.24) is 15.1 Å². The highest BCUT2D eigenvalue weighted by Crippen LogP contribution is 2.31. The van der Waals surface area contributed by atoms with Crippen molar-refractivity contribution in [3.05, 3.63) is 54.1 Å². The first-order valence-corrected chi connectivity index (χ1v) is 9.98. The van der Waals surface area contributed by atoms with Crippen molar-refractivity contribution in [2.45, 2.75) is 6.04 Å². The summed E-state index contributed by atoms with van der Waals surface area (Å²) in [6.45, 7) is 1.99. The van der Waals surface area contributed by atoms with Gasteiger partial charge in [-0.15, -0.1) is 24.0 Å². The van der Waals surface area contributed by atoms with Crippen molar-refractivity contribution in [2.24, 2.45) is 4.99 Å². The maximum Gasteiger partial charge on any atom is 0.193 e. The lowest BCUT2D eigenvalue weighted by molar-refractivity contribution is 0.274. The number of methoxy groups -OCH3 is 2. The molecule has 1 N–H and O–H groups in total. The quantitative estimate of drug-likeness (QED) is 0.282. The molecular weight excluding hydrogens is 507 g/mol. The summed E-state index contributed by atoms with van der Waals surface area (Å²) in [6, 6.07) is 16.0. The number of para-hydroxylation sites is 1. The molecule has 2 rings (SSSR count). The highest BCUT2D eigenvalue weighted by atomic mass is 127. The molecule has 0 radical (unpaired) electrons. The Morgan fingerprint density at radius 3 is 2.26 bits per heavy atom. The average molecular weight is 542 g/mol. The number of guanidine groups is 1. The van der Waals surface area contributed by atoms with Gasteiger partial charge in [0.25, 0.3) is 0 Å². The third kappa shape index (κ3) is 8.10. The number of nitrogens with zero attached hydrogens (tertiary/aromatic N) is 3. The largest absolute Gasteiger partial charge is 0.493 e. The fraction of sp³-hybridized carbons (Fsp3) is 0.435. The van der Waals surface area contributed by atoms with Crippen LogP contribution in [0.25, 0.3) is 0 Å². The Bertz CT molecular complexity index is 803. The average Bonchev–Trinajstić information content (AvgIpc) is 2.76. The number of aliphatic imine (C=N–C) groups is 1. The van der Waals surface area contributed by atoms with Crippen molar-refractivity contribution in [1.29, 1.82) is 0 Å². The van der Waals surface area contributed by atoms with E-state index in [2.05, 4.69) is 40.3 Å². The van der Waals surface area contributed by atoms with Gasteiger partial charge in [0, 0.05) is 20.6 Å². The molecule has 2 aromatic rings. The lowest BCUT2D eigenvalue weighted by Gasteiger charge is -2.28. The van der Waals surface area contributed by atoms with Gasteiger partial charge in [0.2, 0.25) is 0 Å². The zero-order chi connectivity index (χ0) is 21.9. The molecule has 0 bridgehead atoms. The van der Waals surface area contributed by atoms with Crippen molar-refractivity contribution in [3.63, 3.8) is 0 Å². The molecule has 0 aromatic heterocycles. The predicted molar refractivity (Wildman–Crippen MR) is 137 cm³/mol. The third-order valence-corrected chi connectivity index (χ3v) is 4.88. The number of benzene rings is 2. The van der Waals surface area contributed by atoms with Crippen LogP contribution in [0.2, 0.25) is 0 Å². The maximum atomic E-state index is 5.79. The molecule has 0 amide bonds.